The summed E-state index contributed by atoms with van der Waals surface area (Å²) in [6, 6.07) is 92.3. The van der Waals surface area contributed by atoms with Crippen LogP contribution in [0.25, 0.3) is 82.5 Å². The summed E-state index contributed by atoms with van der Waals surface area (Å²) >= 11 is 0. The average molecular weight is 832 g/mol. The second-order valence-corrected chi connectivity index (χ2v) is 20.7. The van der Waals surface area contributed by atoms with Gasteiger partial charge in [0.25, 0.3) is 0 Å². The fraction of sp³-hybridized carbons (Fsp3) is 0. The van der Waals surface area contributed by atoms with Crippen LogP contribution < -0.4 is 20.7 Å². The molecule has 0 bridgehead atoms. The van der Waals surface area contributed by atoms with Crippen LogP contribution in [0.1, 0.15) is 0 Å². The minimum atomic E-state index is -2.82. The quantitative estimate of drug-likeness (QED) is 0.112. The molecular weight excluding hydrogens is 791 g/mol. The Hall–Kier alpha value is -8.18. The van der Waals surface area contributed by atoms with Crippen LogP contribution in [0.2, 0.25) is 0 Å². The Balaban J connectivity index is 1.13. The first kappa shape index (κ1) is 36.5. The van der Waals surface area contributed by atoms with E-state index in [1.165, 1.54) is 80.6 Å². The smallest absolute Gasteiger partial charge is 0.179 e. The van der Waals surface area contributed by atoms with Crippen LogP contribution in [-0.2, 0) is 0 Å². The van der Waals surface area contributed by atoms with Crippen LogP contribution in [-0.4, -0.2) is 21.8 Å². The summed E-state index contributed by atoms with van der Waals surface area (Å²) in [6.45, 7) is 0. The SMILES string of the molecule is c1ccc(-n2c3cc(-n4c5ccccc5c5ccccc54)ccc3c3c(-n4c5ccccc5c5ccc([Si](c6ccccc6)(c6ccccc6)c6ccccc6)cc54)cccc32)cc1. The average Bonchev–Trinajstić information content (AvgIpc) is 4.01. The number of hydrogen-bond donors (Lipinski definition) is 0. The number of para-hydroxylation sites is 4. The van der Waals surface area contributed by atoms with E-state index in [9.17, 15) is 0 Å². The summed E-state index contributed by atoms with van der Waals surface area (Å²) in [5, 5.41) is 12.9. The van der Waals surface area contributed by atoms with Gasteiger partial charge in [0.15, 0.2) is 8.07 Å². The van der Waals surface area contributed by atoms with Crippen molar-refractivity contribution < 1.29 is 0 Å². The highest BCUT2D eigenvalue weighted by atomic mass is 28.3. The van der Waals surface area contributed by atoms with Crippen LogP contribution in [0.4, 0.5) is 0 Å². The summed E-state index contributed by atoms with van der Waals surface area (Å²) in [5.74, 6) is 0. The Morgan fingerprint density at radius 2 is 0.656 bits per heavy atom. The van der Waals surface area contributed by atoms with E-state index in [2.05, 4.69) is 262 Å². The maximum Gasteiger partial charge on any atom is 0.179 e. The minimum Gasteiger partial charge on any atom is -0.309 e. The third-order valence-corrected chi connectivity index (χ3v) is 18.3. The molecule has 10 aromatic carbocycles. The van der Waals surface area contributed by atoms with Gasteiger partial charge in [0.2, 0.25) is 0 Å². The molecule has 0 spiro atoms. The summed E-state index contributed by atoms with van der Waals surface area (Å²) in [4.78, 5) is 0. The topological polar surface area (TPSA) is 14.8 Å². The largest absolute Gasteiger partial charge is 0.309 e. The molecule has 0 aliphatic carbocycles. The Kier molecular flexibility index (Phi) is 8.23. The van der Waals surface area contributed by atoms with Gasteiger partial charge >= 0.3 is 0 Å². The lowest BCUT2D eigenvalue weighted by Crippen LogP contribution is -2.74. The summed E-state index contributed by atoms with van der Waals surface area (Å²) < 4.78 is 7.43. The number of aromatic nitrogens is 3. The third-order valence-electron chi connectivity index (χ3n) is 13.6. The lowest BCUT2D eigenvalue weighted by atomic mass is 10.1. The van der Waals surface area contributed by atoms with Crippen molar-refractivity contribution >= 4 is 94.2 Å². The molecule has 0 aliphatic heterocycles. The first-order chi connectivity index (χ1) is 31.8. The van der Waals surface area contributed by atoms with E-state index >= 15 is 0 Å². The van der Waals surface area contributed by atoms with E-state index in [0.717, 1.165) is 22.6 Å². The molecule has 0 fully saturated rings. The molecule has 3 nitrogen and oxygen atoms in total. The van der Waals surface area contributed by atoms with Crippen molar-refractivity contribution in [3.63, 3.8) is 0 Å². The highest BCUT2D eigenvalue weighted by Crippen LogP contribution is 2.41. The van der Waals surface area contributed by atoms with E-state index in [1.807, 2.05) is 0 Å². The molecule has 0 saturated heterocycles. The molecule has 13 aromatic rings. The highest BCUT2D eigenvalue weighted by Gasteiger charge is 2.41. The van der Waals surface area contributed by atoms with Gasteiger partial charge in [-0.25, -0.2) is 0 Å². The standard InChI is InChI=1S/C60H41N3Si/c1-5-20-42(21-6-1)61-56-34-19-35-57(60(56)52-38-36-43(40-58(52)61)62-53-31-16-13-28-48(53)49-29-14-17-32-54(49)62)63-55-33-18-15-30-50(55)51-39-37-47(41-59(51)63)64(44-22-7-2-8-23-44,45-24-9-3-10-25-45)46-26-11-4-12-27-46/h1-41H. The van der Waals surface area contributed by atoms with Crippen molar-refractivity contribution in [3.8, 4) is 17.1 Å². The van der Waals surface area contributed by atoms with Crippen LogP contribution in [0, 0.1) is 0 Å². The summed E-state index contributed by atoms with van der Waals surface area (Å²) in [5.41, 5.74) is 10.6. The van der Waals surface area contributed by atoms with Crippen molar-refractivity contribution in [2.75, 3.05) is 0 Å². The number of benzene rings is 10. The molecular formula is C60H41N3Si. The van der Waals surface area contributed by atoms with Crippen molar-refractivity contribution in [2.24, 2.45) is 0 Å². The molecule has 0 atom stereocenters. The second-order valence-electron chi connectivity index (χ2n) is 16.8. The van der Waals surface area contributed by atoms with E-state index < -0.39 is 8.07 Å². The maximum atomic E-state index is 2.55. The Morgan fingerprint density at radius 1 is 0.234 bits per heavy atom. The number of fused-ring (bicyclic) bond motifs is 9. The lowest BCUT2D eigenvalue weighted by molar-refractivity contribution is 1.15. The predicted molar refractivity (Wildman–Crippen MR) is 273 cm³/mol. The molecule has 0 aliphatic rings. The van der Waals surface area contributed by atoms with Crippen molar-refractivity contribution in [2.45, 2.75) is 0 Å². The molecule has 3 aromatic heterocycles. The molecule has 3 heterocycles. The van der Waals surface area contributed by atoms with Gasteiger partial charge in [0.1, 0.15) is 0 Å². The molecule has 0 radical (unpaired) electrons. The molecule has 4 heteroatoms. The maximum absolute atomic E-state index is 2.82. The molecule has 0 unspecified atom stereocenters. The van der Waals surface area contributed by atoms with Crippen molar-refractivity contribution in [1.82, 2.24) is 13.7 Å². The number of nitrogens with zero attached hydrogens (tertiary/aromatic N) is 3. The fourth-order valence-corrected chi connectivity index (χ4v) is 15.7. The van der Waals surface area contributed by atoms with Gasteiger partial charge < -0.3 is 13.7 Å². The van der Waals surface area contributed by atoms with Crippen LogP contribution in [0.15, 0.2) is 249 Å². The van der Waals surface area contributed by atoms with Crippen LogP contribution in [0.5, 0.6) is 0 Å². The van der Waals surface area contributed by atoms with Gasteiger partial charge in [0.05, 0.1) is 38.8 Å². The van der Waals surface area contributed by atoms with Gasteiger partial charge in [-0.2, -0.15) is 0 Å². The Morgan fingerprint density at radius 3 is 1.22 bits per heavy atom. The third kappa shape index (κ3) is 5.27. The molecule has 300 valence electrons. The Labute approximate surface area is 372 Å². The molecule has 0 saturated carbocycles. The van der Waals surface area contributed by atoms with Crippen molar-refractivity contribution in [3.05, 3.63) is 249 Å². The van der Waals surface area contributed by atoms with Gasteiger partial charge in [-0.15, -0.1) is 0 Å². The molecule has 64 heavy (non-hydrogen) atoms. The monoisotopic (exact) mass is 831 g/mol. The number of hydrogen-bond acceptors (Lipinski definition) is 0. The predicted octanol–water partition coefficient (Wildman–Crippen LogP) is 12.4. The van der Waals surface area contributed by atoms with Gasteiger partial charge in [-0.05, 0) is 81.4 Å². The highest BCUT2D eigenvalue weighted by molar-refractivity contribution is 7.20. The Bertz CT molecular complexity index is 3730. The van der Waals surface area contributed by atoms with E-state index in [0.29, 0.717) is 0 Å². The minimum absolute atomic E-state index is 1.13. The van der Waals surface area contributed by atoms with Crippen LogP contribution >= 0.6 is 0 Å². The first-order valence-electron chi connectivity index (χ1n) is 22.1. The van der Waals surface area contributed by atoms with E-state index in [4.69, 9.17) is 0 Å². The molecule has 0 amide bonds. The molecule has 13 rings (SSSR count). The van der Waals surface area contributed by atoms with Crippen LogP contribution in [0.3, 0.4) is 0 Å². The van der Waals surface area contributed by atoms with E-state index in [1.54, 1.807) is 0 Å². The van der Waals surface area contributed by atoms with Crippen molar-refractivity contribution in [1.29, 1.82) is 0 Å². The van der Waals surface area contributed by atoms with E-state index in [-0.39, 0.29) is 0 Å². The zero-order chi connectivity index (χ0) is 42.2. The fourth-order valence-electron chi connectivity index (χ4n) is 10.9. The summed E-state index contributed by atoms with van der Waals surface area (Å²) in [6.07, 6.45) is 0. The van der Waals surface area contributed by atoms with Gasteiger partial charge in [-0.3, -0.25) is 0 Å². The first-order valence-corrected chi connectivity index (χ1v) is 24.1. The lowest BCUT2D eigenvalue weighted by Gasteiger charge is -2.34. The molecule has 0 N–H and O–H groups in total. The zero-order valence-corrected chi connectivity index (χ0v) is 36.0. The normalized spacial score (nSPS) is 12.1. The number of rotatable bonds is 7. The van der Waals surface area contributed by atoms with Gasteiger partial charge in [-0.1, -0.05) is 188 Å². The summed E-state index contributed by atoms with van der Waals surface area (Å²) in [7, 11) is -2.82. The second kappa shape index (κ2) is 14.5. The van der Waals surface area contributed by atoms with Gasteiger partial charge in [0, 0.05) is 43.7 Å². The zero-order valence-electron chi connectivity index (χ0n) is 35.0.